The fourth-order valence-corrected chi connectivity index (χ4v) is 9.18. The van der Waals surface area contributed by atoms with Crippen molar-refractivity contribution in [2.45, 2.75) is 106 Å². The number of benzene rings is 2. The number of carboxylic acids is 2. The predicted octanol–water partition coefficient (Wildman–Crippen LogP) is 6.29. The molecule has 0 aromatic heterocycles. The molecule has 0 bridgehead atoms. The Morgan fingerprint density at radius 2 is 1.30 bits per heavy atom. The average molecular weight is 852 g/mol. The fraction of sp³-hybridized carbons (Fsp3) is 0.462. The van der Waals surface area contributed by atoms with Crippen LogP contribution in [-0.4, -0.2) is 90.2 Å². The minimum absolute atomic E-state index is 0.00945. The van der Waals surface area contributed by atoms with E-state index >= 15 is 0 Å². The molecule has 0 saturated heterocycles. The zero-order valence-electron chi connectivity index (χ0n) is 32.2. The first-order chi connectivity index (χ1) is 26.5. The quantitative estimate of drug-likeness (QED) is 0.0401. The zero-order valence-corrected chi connectivity index (χ0v) is 34.6. The van der Waals surface area contributed by atoms with Gasteiger partial charge in [-0.05, 0) is 94.8 Å². The lowest BCUT2D eigenvalue weighted by atomic mass is 9.77. The van der Waals surface area contributed by atoms with Gasteiger partial charge in [-0.15, -0.1) is 0 Å². The van der Waals surface area contributed by atoms with Crippen molar-refractivity contribution in [2.75, 3.05) is 23.7 Å². The van der Waals surface area contributed by atoms with Crippen molar-refractivity contribution in [3.05, 3.63) is 83.6 Å². The number of fused-ring (bicyclic) bond motifs is 2. The van der Waals surface area contributed by atoms with Crippen LogP contribution in [0.25, 0.3) is 0 Å². The molecule has 57 heavy (non-hydrogen) atoms. The normalized spacial score (nSPS) is 18.9. The van der Waals surface area contributed by atoms with Gasteiger partial charge in [-0.25, -0.2) is 0 Å². The third-order valence-corrected chi connectivity index (χ3v) is 13.0. The zero-order chi connectivity index (χ0) is 42.4. The fourth-order valence-electron chi connectivity index (χ4n) is 7.67. The van der Waals surface area contributed by atoms with Crippen LogP contribution in [0.5, 0.6) is 0 Å². The number of nitrogens with zero attached hydrogens (tertiary/aromatic N) is 2. The topological polar surface area (TPSA) is 244 Å². The highest BCUT2D eigenvalue weighted by Gasteiger charge is 2.45. The van der Waals surface area contributed by atoms with Crippen LogP contribution in [0.15, 0.2) is 82.3 Å². The summed E-state index contributed by atoms with van der Waals surface area (Å²) < 4.78 is 103. The molecule has 2 aromatic carbocycles. The van der Waals surface area contributed by atoms with Crippen molar-refractivity contribution in [3.63, 3.8) is 0 Å². The minimum Gasteiger partial charge on any atom is -0.481 e. The first-order valence-electron chi connectivity index (χ1n) is 18.6. The summed E-state index contributed by atoms with van der Waals surface area (Å²) in [5.41, 5.74) is 2.53. The third-order valence-electron chi connectivity index (χ3n) is 10.5. The summed E-state index contributed by atoms with van der Waals surface area (Å²) in [7, 11) is -13.3. The molecule has 4 rings (SSSR count). The van der Waals surface area contributed by atoms with Crippen LogP contribution < -0.4 is 4.90 Å². The largest absolute Gasteiger partial charge is 0.481 e. The number of rotatable bonds is 21. The first kappa shape index (κ1) is 45.5. The van der Waals surface area contributed by atoms with Gasteiger partial charge in [0.1, 0.15) is 6.54 Å². The molecule has 2 aliphatic rings. The molecule has 0 saturated carbocycles. The highest BCUT2D eigenvalue weighted by molar-refractivity contribution is 7.86. The molecule has 2 aliphatic heterocycles. The molecule has 2 aromatic rings. The van der Waals surface area contributed by atoms with Gasteiger partial charge in [-0.2, -0.15) is 29.8 Å². The molecule has 0 spiro atoms. The summed E-state index contributed by atoms with van der Waals surface area (Å²) in [6, 6.07) is 8.62. The first-order valence-corrected chi connectivity index (χ1v) is 23.1. The molecule has 0 amide bonds. The number of carbonyl (C=O) groups is 2. The smallest absolute Gasteiger partial charge is 0.303 e. The standard InChI is InChI=1S/C39H50N2O13S3/c1-38(2)30-26-28(56(49,50)51)18-20-32(30)40(23-12-6-10-17-37(44)45)34(38)14-7-4-8-15-35-39(3,22-11-5-9-16-36(42)43)31-27-29(57(52,53)54)19-21-33(31)41(35)24-13-25-55(46,47)48/h4,7-8,14-15,18-21,26-27H,5-6,9-13,16-17,22-25H2,1-3H3,(H4-,42,43,44,45,46,47,48,49,50,51,52,53,54)/p+1. The lowest BCUT2D eigenvalue weighted by molar-refractivity contribution is -0.438. The van der Waals surface area contributed by atoms with Gasteiger partial charge in [0.25, 0.3) is 30.4 Å². The van der Waals surface area contributed by atoms with Crippen LogP contribution in [0, 0.1) is 0 Å². The van der Waals surface area contributed by atoms with E-state index in [2.05, 4.69) is 0 Å². The van der Waals surface area contributed by atoms with Gasteiger partial charge in [0.2, 0.25) is 5.69 Å². The number of hydrogen-bond acceptors (Lipinski definition) is 9. The molecular weight excluding hydrogens is 801 g/mol. The van der Waals surface area contributed by atoms with E-state index in [9.17, 15) is 48.5 Å². The summed E-state index contributed by atoms with van der Waals surface area (Å²) in [6.45, 7) is 6.41. The molecule has 0 aliphatic carbocycles. The van der Waals surface area contributed by atoms with Crippen molar-refractivity contribution in [1.82, 2.24) is 0 Å². The van der Waals surface area contributed by atoms with Gasteiger partial charge in [0.15, 0.2) is 5.71 Å². The van der Waals surface area contributed by atoms with E-state index in [0.717, 1.165) is 11.4 Å². The summed E-state index contributed by atoms with van der Waals surface area (Å²) in [4.78, 5) is 23.5. The highest BCUT2D eigenvalue weighted by atomic mass is 32.2. The maximum Gasteiger partial charge on any atom is 0.303 e. The molecule has 312 valence electrons. The lowest BCUT2D eigenvalue weighted by Crippen LogP contribution is -2.30. The molecule has 2 heterocycles. The Hall–Kier alpha value is -4.20. The van der Waals surface area contributed by atoms with E-state index in [1.165, 1.54) is 24.3 Å². The van der Waals surface area contributed by atoms with E-state index in [-0.39, 0.29) is 35.6 Å². The van der Waals surface area contributed by atoms with E-state index < -0.39 is 58.9 Å². The van der Waals surface area contributed by atoms with E-state index in [0.29, 0.717) is 74.0 Å². The van der Waals surface area contributed by atoms with Crippen molar-refractivity contribution in [3.8, 4) is 0 Å². The van der Waals surface area contributed by atoms with Crippen LogP contribution in [0.1, 0.15) is 96.1 Å². The van der Waals surface area contributed by atoms with E-state index in [4.69, 9.17) is 10.2 Å². The van der Waals surface area contributed by atoms with Crippen LogP contribution in [0.2, 0.25) is 0 Å². The third kappa shape index (κ3) is 11.5. The molecule has 0 fully saturated rings. The predicted molar refractivity (Wildman–Crippen MR) is 214 cm³/mol. The Morgan fingerprint density at radius 3 is 1.88 bits per heavy atom. The molecule has 15 nitrogen and oxygen atoms in total. The van der Waals surface area contributed by atoms with Crippen molar-refractivity contribution < 1.29 is 63.3 Å². The Bertz CT molecular complexity index is 2330. The molecule has 1 atom stereocenters. The Kier molecular flexibility index (Phi) is 14.5. The number of anilines is 1. The van der Waals surface area contributed by atoms with Gasteiger partial charge in [-0.3, -0.25) is 23.2 Å². The molecule has 5 N–H and O–H groups in total. The molecule has 1 unspecified atom stereocenters. The molecular formula is C39H51N2O13S3+. The van der Waals surface area contributed by atoms with Gasteiger partial charge >= 0.3 is 11.9 Å². The van der Waals surface area contributed by atoms with E-state index in [1.807, 2.05) is 42.4 Å². The summed E-state index contributed by atoms with van der Waals surface area (Å²) in [5.74, 6) is -2.31. The summed E-state index contributed by atoms with van der Waals surface area (Å²) >= 11 is 0. The molecule has 0 radical (unpaired) electrons. The Morgan fingerprint density at radius 1 is 0.719 bits per heavy atom. The summed E-state index contributed by atoms with van der Waals surface area (Å²) in [6.07, 6.45) is 12.9. The second-order valence-corrected chi connectivity index (χ2v) is 19.5. The van der Waals surface area contributed by atoms with Crippen LogP contribution in [0.4, 0.5) is 11.4 Å². The second kappa shape index (κ2) is 18.2. The number of hydrogen-bond donors (Lipinski definition) is 5. The minimum atomic E-state index is -4.58. The van der Waals surface area contributed by atoms with E-state index in [1.54, 1.807) is 30.4 Å². The van der Waals surface area contributed by atoms with Gasteiger partial charge in [0.05, 0.1) is 21.0 Å². The van der Waals surface area contributed by atoms with Crippen LogP contribution in [-0.2, 0) is 50.8 Å². The van der Waals surface area contributed by atoms with Crippen LogP contribution in [0.3, 0.4) is 0 Å². The Balaban J connectivity index is 1.75. The second-order valence-electron chi connectivity index (χ2n) is 15.0. The molecule has 18 heteroatoms. The van der Waals surface area contributed by atoms with Gasteiger partial charge in [0, 0.05) is 60.3 Å². The van der Waals surface area contributed by atoms with Crippen LogP contribution >= 0.6 is 0 Å². The number of allylic oxidation sites excluding steroid dienone is 6. The summed E-state index contributed by atoms with van der Waals surface area (Å²) in [5, 5.41) is 18.2. The SMILES string of the molecule is CC1(C)C(/C=C/C=C/C=C2\N(CCCS(=O)(=O)O)c3ccc(S(=O)(=O)O)cc3C2(C)CCCCCC(=O)O)=[N+](CCCCCC(=O)O)c2ccc(S(=O)(=O)O)cc21. The van der Waals surface area contributed by atoms with Crippen molar-refractivity contribution >= 4 is 59.4 Å². The monoisotopic (exact) mass is 851 g/mol. The highest BCUT2D eigenvalue weighted by Crippen LogP contribution is 2.51. The average Bonchev–Trinajstić information content (AvgIpc) is 3.45. The number of aliphatic carboxylic acids is 2. The maximum atomic E-state index is 12.2. The maximum absolute atomic E-state index is 12.2. The van der Waals surface area contributed by atoms with Crippen molar-refractivity contribution in [2.24, 2.45) is 0 Å². The van der Waals surface area contributed by atoms with Gasteiger partial charge < -0.3 is 15.1 Å². The lowest BCUT2D eigenvalue weighted by Gasteiger charge is -2.30. The number of carboxylic acid groups (broad SMARTS) is 2. The Labute approximate surface area is 334 Å². The number of unbranched alkanes of at least 4 members (excludes halogenated alkanes) is 4. The van der Waals surface area contributed by atoms with Crippen molar-refractivity contribution in [1.29, 1.82) is 0 Å². The van der Waals surface area contributed by atoms with Gasteiger partial charge in [-0.1, -0.05) is 31.1 Å².